The molecule has 0 saturated heterocycles. The molecular formula is C19H39BrN2O9P+. The molecule has 0 fully saturated rings. The fourth-order valence-electron chi connectivity index (χ4n) is 2.45. The number of likely N-dealkylation sites (N-methyl/N-ethyl adjacent to an activating group) is 1. The van der Waals surface area contributed by atoms with Crippen LogP contribution in [0.1, 0.15) is 27.2 Å². The van der Waals surface area contributed by atoms with E-state index in [1.165, 1.54) is 0 Å². The van der Waals surface area contributed by atoms with Gasteiger partial charge in [0.2, 0.25) is 0 Å². The van der Waals surface area contributed by atoms with Crippen LogP contribution in [0.2, 0.25) is 0 Å². The molecule has 0 rings (SSSR count). The summed E-state index contributed by atoms with van der Waals surface area (Å²) in [6.45, 7) is 5.95. The van der Waals surface area contributed by atoms with E-state index in [1.807, 2.05) is 21.1 Å². The second-order valence-electron chi connectivity index (χ2n) is 9.08. The highest BCUT2D eigenvalue weighted by Gasteiger charge is 2.42. The summed E-state index contributed by atoms with van der Waals surface area (Å²) in [5.41, 5.74) is 4.33. The van der Waals surface area contributed by atoms with Gasteiger partial charge in [0.15, 0.2) is 0 Å². The number of alkyl halides is 1. The second-order valence-corrected chi connectivity index (χ2v) is 12.3. The van der Waals surface area contributed by atoms with Gasteiger partial charge in [-0.1, -0.05) is 15.9 Å². The Morgan fingerprint density at radius 3 is 2.03 bits per heavy atom. The number of phosphoric ester groups is 1. The monoisotopic (exact) mass is 549 g/mol. The lowest BCUT2D eigenvalue weighted by Gasteiger charge is -2.30. The molecule has 0 aromatic rings. The zero-order valence-electron chi connectivity index (χ0n) is 19.9. The van der Waals surface area contributed by atoms with Crippen molar-refractivity contribution in [2.75, 3.05) is 73.9 Å². The van der Waals surface area contributed by atoms with Crippen LogP contribution in [-0.2, 0) is 37.4 Å². The highest BCUT2D eigenvalue weighted by Crippen LogP contribution is 2.43. The molecular weight excluding hydrogens is 511 g/mol. The zero-order chi connectivity index (χ0) is 25.1. The Kier molecular flexibility index (Phi) is 13.7. The van der Waals surface area contributed by atoms with Crippen LogP contribution in [0.4, 0.5) is 0 Å². The van der Waals surface area contributed by atoms with E-state index in [2.05, 4.69) is 15.9 Å². The number of hydrogen-bond acceptors (Lipinski definition) is 9. The van der Waals surface area contributed by atoms with Gasteiger partial charge >= 0.3 is 19.8 Å². The maximum atomic E-state index is 12.4. The molecule has 0 heterocycles. The van der Waals surface area contributed by atoms with E-state index in [0.29, 0.717) is 24.2 Å². The molecule has 0 bridgehead atoms. The lowest BCUT2D eigenvalue weighted by Crippen LogP contribution is -2.40. The van der Waals surface area contributed by atoms with Crippen LogP contribution in [0.3, 0.4) is 0 Å². The molecule has 2 unspecified atom stereocenters. The number of carbonyl (C=O) groups is 2. The summed E-state index contributed by atoms with van der Waals surface area (Å²) in [6.07, 6.45) is 0.0921. The van der Waals surface area contributed by atoms with Crippen LogP contribution in [0.5, 0.6) is 0 Å². The van der Waals surface area contributed by atoms with Gasteiger partial charge in [-0.05, 0) is 27.2 Å². The number of esters is 2. The molecule has 13 heteroatoms. The van der Waals surface area contributed by atoms with Gasteiger partial charge in [-0.15, -0.1) is 0 Å². The Morgan fingerprint density at radius 1 is 0.938 bits per heavy atom. The summed E-state index contributed by atoms with van der Waals surface area (Å²) >= 11 is 3.31. The molecule has 0 radical (unpaired) electrons. The van der Waals surface area contributed by atoms with E-state index in [9.17, 15) is 19.0 Å². The van der Waals surface area contributed by atoms with Crippen molar-refractivity contribution in [1.29, 1.82) is 0 Å². The van der Waals surface area contributed by atoms with Gasteiger partial charge in [-0.2, -0.15) is 0 Å². The average molecular weight is 550 g/mol. The molecule has 2 atom stereocenters. The Hall–Kier alpha value is -0.590. The predicted molar refractivity (Wildman–Crippen MR) is 122 cm³/mol. The maximum Gasteiger partial charge on any atom is 0.472 e. The molecule has 0 spiro atoms. The second kappa shape index (κ2) is 14.0. The number of rotatable bonds is 17. The van der Waals surface area contributed by atoms with Crippen molar-refractivity contribution in [3.8, 4) is 0 Å². The smallest absolute Gasteiger partial charge is 0.463 e. The van der Waals surface area contributed by atoms with Crippen molar-refractivity contribution in [3.63, 3.8) is 0 Å². The first kappa shape index (κ1) is 31.4. The van der Waals surface area contributed by atoms with Crippen LogP contribution in [0, 0.1) is 5.41 Å². The van der Waals surface area contributed by atoms with Crippen molar-refractivity contribution >= 4 is 35.7 Å². The first-order chi connectivity index (χ1) is 14.5. The minimum atomic E-state index is -4.24. The van der Waals surface area contributed by atoms with Crippen molar-refractivity contribution in [2.24, 2.45) is 11.1 Å². The summed E-state index contributed by atoms with van der Waals surface area (Å²) in [5, 5.41) is 0. The number of phosphoric acid groups is 1. The first-order valence-corrected chi connectivity index (χ1v) is 12.5. The Labute approximate surface area is 199 Å². The normalized spacial score (nSPS) is 16.2. The maximum absolute atomic E-state index is 12.4. The third kappa shape index (κ3) is 14.5. The Balaban J connectivity index is 4.42. The lowest BCUT2D eigenvalue weighted by molar-refractivity contribution is -0.870. The lowest BCUT2D eigenvalue weighted by atomic mass is 9.83. The summed E-state index contributed by atoms with van der Waals surface area (Å²) in [5.74, 6) is -1.13. The minimum Gasteiger partial charge on any atom is -0.463 e. The van der Waals surface area contributed by atoms with Crippen LogP contribution in [0.15, 0.2) is 0 Å². The van der Waals surface area contributed by atoms with Gasteiger partial charge in [0.25, 0.3) is 0 Å². The summed E-state index contributed by atoms with van der Waals surface area (Å²) in [6, 6.07) is 0. The molecule has 0 aliphatic rings. The first-order valence-electron chi connectivity index (χ1n) is 10.3. The van der Waals surface area contributed by atoms with Crippen LogP contribution in [0.25, 0.3) is 0 Å². The molecule has 0 aromatic heterocycles. The molecule has 0 aromatic carbocycles. The summed E-state index contributed by atoms with van der Waals surface area (Å²) in [7, 11) is 1.52. The number of ether oxygens (including phenoxy) is 3. The predicted octanol–water partition coefficient (Wildman–Crippen LogP) is 1.46. The van der Waals surface area contributed by atoms with E-state index in [0.717, 1.165) is 0 Å². The number of halogens is 1. The topological polar surface area (TPSA) is 144 Å². The highest BCUT2D eigenvalue weighted by molar-refractivity contribution is 9.10. The van der Waals surface area contributed by atoms with Gasteiger partial charge in [-0.3, -0.25) is 18.6 Å². The van der Waals surface area contributed by atoms with Crippen molar-refractivity contribution < 1.29 is 46.8 Å². The van der Waals surface area contributed by atoms with E-state index in [-0.39, 0.29) is 39.5 Å². The quantitative estimate of drug-likeness (QED) is 0.0898. The third-order valence-corrected chi connectivity index (χ3v) is 5.68. The van der Waals surface area contributed by atoms with Gasteiger partial charge in [0.1, 0.15) is 30.7 Å². The largest absolute Gasteiger partial charge is 0.472 e. The molecule has 0 aliphatic heterocycles. The van der Waals surface area contributed by atoms with Gasteiger partial charge in [0, 0.05) is 6.54 Å². The number of carbonyl (C=O) groups excluding carboxylic acids is 2. The fraction of sp³-hybridized carbons (Fsp3) is 0.895. The van der Waals surface area contributed by atoms with Gasteiger partial charge in [-0.25, -0.2) is 4.57 Å². The summed E-state index contributed by atoms with van der Waals surface area (Å²) < 4.78 is 36.4. The van der Waals surface area contributed by atoms with E-state index in [4.69, 9.17) is 29.0 Å². The van der Waals surface area contributed by atoms with Crippen LogP contribution >= 0.6 is 23.8 Å². The van der Waals surface area contributed by atoms with Gasteiger partial charge < -0.3 is 29.3 Å². The van der Waals surface area contributed by atoms with Gasteiger partial charge in [0.05, 0.1) is 46.4 Å². The molecule has 0 amide bonds. The fourth-order valence-corrected chi connectivity index (χ4v) is 3.96. The van der Waals surface area contributed by atoms with E-state index in [1.54, 1.807) is 20.8 Å². The van der Waals surface area contributed by atoms with Crippen molar-refractivity contribution in [1.82, 2.24) is 0 Å². The summed E-state index contributed by atoms with van der Waals surface area (Å²) in [4.78, 5) is 34.4. The van der Waals surface area contributed by atoms with E-state index < -0.39 is 29.5 Å². The molecule has 11 nitrogen and oxygen atoms in total. The molecule has 3 N–H and O–H groups in total. The number of quaternary nitrogens is 1. The number of nitrogens with zero attached hydrogens (tertiary/aromatic N) is 1. The van der Waals surface area contributed by atoms with Crippen molar-refractivity contribution in [3.05, 3.63) is 0 Å². The molecule has 190 valence electrons. The molecule has 32 heavy (non-hydrogen) atoms. The standard InChI is InChI=1S/C19H38BrN2O9P/c1-18(2,16(23)28-12-11-27-9-7-21)15-19(3,20)17(24)29-13-14-31-32(25,26)30-10-8-22(4,5)6/h7-15,21H2,1-6H3/p+1. The van der Waals surface area contributed by atoms with Crippen molar-refractivity contribution in [2.45, 2.75) is 31.5 Å². The molecule has 0 saturated carbocycles. The number of hydrogen-bond donors (Lipinski definition) is 2. The Bertz CT molecular complexity index is 639. The van der Waals surface area contributed by atoms with Crippen LogP contribution in [-0.4, -0.2) is 99.5 Å². The number of nitrogens with two attached hydrogens (primary N) is 1. The molecule has 0 aliphatic carbocycles. The third-order valence-electron chi connectivity index (χ3n) is 4.06. The Morgan fingerprint density at radius 2 is 1.47 bits per heavy atom. The minimum absolute atomic E-state index is 0.0425. The average Bonchev–Trinajstić information content (AvgIpc) is 2.62. The van der Waals surface area contributed by atoms with Crippen LogP contribution < -0.4 is 5.73 Å². The zero-order valence-corrected chi connectivity index (χ0v) is 22.4. The SMILES string of the molecule is CC(C)(CC(C)(Br)C(=O)OCCOP(=O)(O)OCC[N+](C)(C)C)C(=O)OCCOCCN. The highest BCUT2D eigenvalue weighted by atomic mass is 79.9. The van der Waals surface area contributed by atoms with E-state index >= 15 is 0 Å².